The molecule has 4 nitrogen and oxygen atoms in total. The Morgan fingerprint density at radius 2 is 2.00 bits per heavy atom. The standard InChI is InChI=1S/C11H19N3O/c1-11(2,3)9-8-12-10(13-9)14-4-6-15-7-5-14/h8H,4-7H2,1-3H3,(H,12,13). The fourth-order valence-electron chi connectivity index (χ4n) is 1.63. The Bertz CT molecular complexity index is 321. The zero-order chi connectivity index (χ0) is 10.9. The molecular formula is C11H19N3O. The molecule has 1 aromatic heterocycles. The number of ether oxygens (including phenoxy) is 1. The lowest BCUT2D eigenvalue weighted by Gasteiger charge is -2.26. The van der Waals surface area contributed by atoms with Crippen LogP contribution in [0.3, 0.4) is 0 Å². The molecule has 1 aliphatic heterocycles. The summed E-state index contributed by atoms with van der Waals surface area (Å²) in [4.78, 5) is 10.0. The Kier molecular flexibility index (Phi) is 2.69. The summed E-state index contributed by atoms with van der Waals surface area (Å²) >= 11 is 0. The van der Waals surface area contributed by atoms with E-state index in [0.717, 1.165) is 32.3 Å². The molecule has 0 amide bonds. The molecule has 0 atom stereocenters. The summed E-state index contributed by atoms with van der Waals surface area (Å²) in [6.45, 7) is 10.0. The Morgan fingerprint density at radius 1 is 1.33 bits per heavy atom. The van der Waals surface area contributed by atoms with Crippen molar-refractivity contribution in [3.63, 3.8) is 0 Å². The van der Waals surface area contributed by atoms with Crippen molar-refractivity contribution in [1.82, 2.24) is 9.97 Å². The van der Waals surface area contributed by atoms with Gasteiger partial charge in [0, 0.05) is 24.2 Å². The van der Waals surface area contributed by atoms with E-state index in [1.165, 1.54) is 5.69 Å². The summed E-state index contributed by atoms with van der Waals surface area (Å²) in [5.41, 5.74) is 1.32. The zero-order valence-corrected chi connectivity index (χ0v) is 9.71. The van der Waals surface area contributed by atoms with E-state index in [0.29, 0.717) is 0 Å². The molecule has 1 N–H and O–H groups in total. The van der Waals surface area contributed by atoms with Gasteiger partial charge in [-0.25, -0.2) is 4.98 Å². The number of anilines is 1. The lowest BCUT2D eigenvalue weighted by Crippen LogP contribution is -2.36. The number of hydrogen-bond donors (Lipinski definition) is 1. The van der Waals surface area contributed by atoms with E-state index < -0.39 is 0 Å². The van der Waals surface area contributed by atoms with E-state index in [-0.39, 0.29) is 5.41 Å². The average molecular weight is 209 g/mol. The Morgan fingerprint density at radius 3 is 2.53 bits per heavy atom. The Labute approximate surface area is 90.6 Å². The maximum Gasteiger partial charge on any atom is 0.203 e. The van der Waals surface area contributed by atoms with Gasteiger partial charge in [0.25, 0.3) is 0 Å². The predicted molar refractivity (Wildman–Crippen MR) is 60.3 cm³/mol. The van der Waals surface area contributed by atoms with Crippen molar-refractivity contribution in [3.05, 3.63) is 11.9 Å². The highest BCUT2D eigenvalue weighted by molar-refractivity contribution is 5.33. The summed E-state index contributed by atoms with van der Waals surface area (Å²) in [7, 11) is 0. The number of aromatic nitrogens is 2. The first-order chi connectivity index (χ1) is 7.07. The third-order valence-corrected chi connectivity index (χ3v) is 2.68. The van der Waals surface area contributed by atoms with Gasteiger partial charge in [-0.05, 0) is 0 Å². The predicted octanol–water partition coefficient (Wildman–Crippen LogP) is 1.54. The van der Waals surface area contributed by atoms with Crippen LogP contribution in [-0.2, 0) is 10.2 Å². The van der Waals surface area contributed by atoms with Crippen molar-refractivity contribution in [2.24, 2.45) is 0 Å². The minimum absolute atomic E-state index is 0.136. The van der Waals surface area contributed by atoms with Crippen molar-refractivity contribution in [2.45, 2.75) is 26.2 Å². The summed E-state index contributed by atoms with van der Waals surface area (Å²) in [6, 6.07) is 0. The van der Waals surface area contributed by atoms with Gasteiger partial charge in [-0.1, -0.05) is 20.8 Å². The summed E-state index contributed by atoms with van der Waals surface area (Å²) in [5, 5.41) is 0. The van der Waals surface area contributed by atoms with Gasteiger partial charge in [0.2, 0.25) is 5.95 Å². The zero-order valence-electron chi connectivity index (χ0n) is 9.71. The number of aromatic amines is 1. The number of nitrogens with zero attached hydrogens (tertiary/aromatic N) is 2. The third-order valence-electron chi connectivity index (χ3n) is 2.68. The Balaban J connectivity index is 2.12. The molecule has 0 spiro atoms. The van der Waals surface area contributed by atoms with Crippen LogP contribution >= 0.6 is 0 Å². The summed E-state index contributed by atoms with van der Waals surface area (Å²) in [6.07, 6.45) is 1.94. The highest BCUT2D eigenvalue weighted by atomic mass is 16.5. The monoisotopic (exact) mass is 209 g/mol. The minimum atomic E-state index is 0.136. The van der Waals surface area contributed by atoms with E-state index in [2.05, 4.69) is 35.6 Å². The number of hydrogen-bond acceptors (Lipinski definition) is 3. The quantitative estimate of drug-likeness (QED) is 0.763. The van der Waals surface area contributed by atoms with Crippen LogP contribution in [0.4, 0.5) is 5.95 Å². The van der Waals surface area contributed by atoms with E-state index in [1.807, 2.05) is 6.20 Å². The van der Waals surface area contributed by atoms with Crippen molar-refractivity contribution in [3.8, 4) is 0 Å². The van der Waals surface area contributed by atoms with Crippen LogP contribution < -0.4 is 4.90 Å². The summed E-state index contributed by atoms with van der Waals surface area (Å²) < 4.78 is 5.31. The van der Waals surface area contributed by atoms with Gasteiger partial charge >= 0.3 is 0 Å². The van der Waals surface area contributed by atoms with E-state index in [1.54, 1.807) is 0 Å². The first kappa shape index (κ1) is 10.5. The molecule has 0 bridgehead atoms. The van der Waals surface area contributed by atoms with Crippen LogP contribution in [0.1, 0.15) is 26.5 Å². The smallest absolute Gasteiger partial charge is 0.203 e. The SMILES string of the molecule is CC(C)(C)c1cnc(N2CCOCC2)[nH]1. The van der Waals surface area contributed by atoms with Crippen LogP contribution in [-0.4, -0.2) is 36.3 Å². The van der Waals surface area contributed by atoms with Crippen molar-refractivity contribution >= 4 is 5.95 Å². The molecule has 1 aromatic rings. The fourth-order valence-corrected chi connectivity index (χ4v) is 1.63. The van der Waals surface area contributed by atoms with Gasteiger partial charge in [-0.15, -0.1) is 0 Å². The van der Waals surface area contributed by atoms with Crippen LogP contribution in [0.15, 0.2) is 6.20 Å². The first-order valence-electron chi connectivity index (χ1n) is 5.45. The maximum absolute atomic E-state index is 5.31. The van der Waals surface area contributed by atoms with Crippen molar-refractivity contribution in [1.29, 1.82) is 0 Å². The number of imidazole rings is 1. The van der Waals surface area contributed by atoms with Gasteiger partial charge in [0.15, 0.2) is 0 Å². The molecule has 1 saturated heterocycles. The highest BCUT2D eigenvalue weighted by Crippen LogP contribution is 2.22. The molecule has 1 fully saturated rings. The Hall–Kier alpha value is -1.03. The average Bonchev–Trinajstić information content (AvgIpc) is 2.67. The molecule has 4 heteroatoms. The first-order valence-corrected chi connectivity index (χ1v) is 5.45. The lowest BCUT2D eigenvalue weighted by atomic mass is 9.93. The number of rotatable bonds is 1. The molecule has 0 saturated carbocycles. The van der Waals surface area contributed by atoms with Gasteiger partial charge in [-0.2, -0.15) is 0 Å². The number of nitrogens with one attached hydrogen (secondary N) is 1. The second kappa shape index (κ2) is 3.85. The highest BCUT2D eigenvalue weighted by Gasteiger charge is 2.19. The molecule has 15 heavy (non-hydrogen) atoms. The van der Waals surface area contributed by atoms with Gasteiger partial charge in [0.1, 0.15) is 0 Å². The molecule has 0 aliphatic carbocycles. The number of morpholine rings is 1. The van der Waals surface area contributed by atoms with Crippen LogP contribution in [0.25, 0.3) is 0 Å². The van der Waals surface area contributed by atoms with Crippen molar-refractivity contribution in [2.75, 3.05) is 31.2 Å². The normalized spacial score (nSPS) is 18.2. The molecule has 2 rings (SSSR count). The molecular weight excluding hydrogens is 190 g/mol. The van der Waals surface area contributed by atoms with E-state index in [9.17, 15) is 0 Å². The van der Waals surface area contributed by atoms with Crippen LogP contribution in [0.2, 0.25) is 0 Å². The molecule has 84 valence electrons. The van der Waals surface area contributed by atoms with Crippen molar-refractivity contribution < 1.29 is 4.74 Å². The molecule has 0 aromatic carbocycles. The van der Waals surface area contributed by atoms with E-state index in [4.69, 9.17) is 4.74 Å². The van der Waals surface area contributed by atoms with Gasteiger partial charge in [0.05, 0.1) is 19.4 Å². The largest absolute Gasteiger partial charge is 0.378 e. The van der Waals surface area contributed by atoms with E-state index >= 15 is 0 Å². The number of H-pyrrole nitrogens is 1. The third kappa shape index (κ3) is 2.31. The van der Waals surface area contributed by atoms with Crippen LogP contribution in [0.5, 0.6) is 0 Å². The molecule has 0 radical (unpaired) electrons. The maximum atomic E-state index is 5.31. The molecule has 0 unspecified atom stereocenters. The second-order valence-electron chi connectivity index (χ2n) is 4.97. The van der Waals surface area contributed by atoms with Crippen LogP contribution in [0, 0.1) is 0 Å². The molecule has 2 heterocycles. The lowest BCUT2D eigenvalue weighted by molar-refractivity contribution is 0.122. The topological polar surface area (TPSA) is 41.2 Å². The second-order valence-corrected chi connectivity index (χ2v) is 4.97. The van der Waals surface area contributed by atoms with Gasteiger partial charge in [-0.3, -0.25) is 0 Å². The van der Waals surface area contributed by atoms with Gasteiger partial charge < -0.3 is 14.6 Å². The minimum Gasteiger partial charge on any atom is -0.378 e. The summed E-state index contributed by atoms with van der Waals surface area (Å²) in [5.74, 6) is 0.975. The molecule has 1 aliphatic rings. The fraction of sp³-hybridized carbons (Fsp3) is 0.727.